The van der Waals surface area contributed by atoms with Crippen molar-refractivity contribution in [2.45, 2.75) is 32.2 Å². The second-order valence-electron chi connectivity index (χ2n) is 4.03. The highest BCUT2D eigenvalue weighted by Crippen LogP contribution is 2.03. The van der Waals surface area contributed by atoms with Crippen LogP contribution in [0.2, 0.25) is 0 Å². The normalized spacial score (nSPS) is 14.2. The van der Waals surface area contributed by atoms with Gasteiger partial charge in [0, 0.05) is 26.7 Å². The van der Waals surface area contributed by atoms with E-state index in [-0.39, 0.29) is 6.04 Å². The lowest BCUT2D eigenvalue weighted by atomic mass is 10.2. The third-order valence-electron chi connectivity index (χ3n) is 2.41. The summed E-state index contributed by atoms with van der Waals surface area (Å²) in [6.07, 6.45) is 2.32. The maximum Gasteiger partial charge on any atom is 0.279 e. The van der Waals surface area contributed by atoms with Gasteiger partial charge in [0.1, 0.15) is 0 Å². The van der Waals surface area contributed by atoms with Crippen molar-refractivity contribution in [3.05, 3.63) is 0 Å². The van der Waals surface area contributed by atoms with Crippen LogP contribution in [0.25, 0.3) is 0 Å². The van der Waals surface area contributed by atoms with Crippen LogP contribution in [0.1, 0.15) is 26.2 Å². The monoisotopic (exact) mass is 267 g/mol. The van der Waals surface area contributed by atoms with Crippen molar-refractivity contribution in [2.75, 3.05) is 33.9 Å². The topological polar surface area (TPSA) is 84.7 Å². The van der Waals surface area contributed by atoms with Gasteiger partial charge in [-0.25, -0.2) is 0 Å². The first kappa shape index (κ1) is 16.8. The second kappa shape index (κ2) is 8.82. The molecule has 0 heterocycles. The summed E-state index contributed by atoms with van der Waals surface area (Å²) in [5.41, 5.74) is 5.35. The Balaban J connectivity index is 4.37. The van der Waals surface area contributed by atoms with E-state index in [2.05, 4.69) is 4.72 Å². The fourth-order valence-electron chi connectivity index (χ4n) is 1.46. The van der Waals surface area contributed by atoms with E-state index in [9.17, 15) is 8.42 Å². The molecule has 0 aromatic carbocycles. The smallest absolute Gasteiger partial charge is 0.279 e. The molecule has 6 nitrogen and oxygen atoms in total. The van der Waals surface area contributed by atoms with Crippen molar-refractivity contribution in [2.24, 2.45) is 5.73 Å². The van der Waals surface area contributed by atoms with E-state index in [0.29, 0.717) is 26.1 Å². The molecule has 104 valence electrons. The molecule has 0 aromatic heterocycles. The molecule has 0 spiro atoms. The SMILES string of the molecule is CCCC(COC)NS(=O)(=O)N(C)CCCN. The fourth-order valence-corrected chi connectivity index (χ4v) is 2.62. The molecular weight excluding hydrogens is 242 g/mol. The standard InChI is InChI=1S/C10H25N3O3S/c1-4-6-10(9-16-3)12-17(14,15)13(2)8-5-7-11/h10,12H,4-9,11H2,1-3H3. The summed E-state index contributed by atoms with van der Waals surface area (Å²) < 4.78 is 32.8. The minimum atomic E-state index is -3.43. The highest BCUT2D eigenvalue weighted by atomic mass is 32.2. The third-order valence-corrected chi connectivity index (χ3v) is 4.04. The maximum absolute atomic E-state index is 11.9. The predicted molar refractivity (Wildman–Crippen MR) is 68.9 cm³/mol. The van der Waals surface area contributed by atoms with Gasteiger partial charge in [0.25, 0.3) is 10.2 Å². The van der Waals surface area contributed by atoms with E-state index in [1.165, 1.54) is 4.31 Å². The van der Waals surface area contributed by atoms with Crippen LogP contribution in [0, 0.1) is 0 Å². The average molecular weight is 267 g/mol. The Kier molecular flexibility index (Phi) is 8.71. The first-order valence-corrected chi connectivity index (χ1v) is 7.34. The van der Waals surface area contributed by atoms with Crippen molar-refractivity contribution < 1.29 is 13.2 Å². The van der Waals surface area contributed by atoms with Crippen molar-refractivity contribution in [1.29, 1.82) is 0 Å². The molecule has 0 aromatic rings. The summed E-state index contributed by atoms with van der Waals surface area (Å²) in [7, 11) is -0.314. The molecule has 0 saturated carbocycles. The predicted octanol–water partition coefficient (Wildman–Crippen LogP) is -0.0835. The molecule has 0 bridgehead atoms. The lowest BCUT2D eigenvalue weighted by molar-refractivity contribution is 0.170. The third kappa shape index (κ3) is 6.95. The molecule has 3 N–H and O–H groups in total. The average Bonchev–Trinajstić information content (AvgIpc) is 2.26. The Morgan fingerprint density at radius 1 is 1.47 bits per heavy atom. The Morgan fingerprint density at radius 3 is 2.59 bits per heavy atom. The molecule has 7 heteroatoms. The fraction of sp³-hybridized carbons (Fsp3) is 1.00. The summed E-state index contributed by atoms with van der Waals surface area (Å²) in [4.78, 5) is 0. The van der Waals surface area contributed by atoms with Gasteiger partial charge in [0.2, 0.25) is 0 Å². The summed E-state index contributed by atoms with van der Waals surface area (Å²) in [5, 5.41) is 0. The zero-order chi connectivity index (χ0) is 13.3. The van der Waals surface area contributed by atoms with Crippen molar-refractivity contribution in [3.63, 3.8) is 0 Å². The number of nitrogens with zero attached hydrogens (tertiary/aromatic N) is 1. The van der Waals surface area contributed by atoms with Crippen LogP contribution in [0.3, 0.4) is 0 Å². The Morgan fingerprint density at radius 2 is 2.12 bits per heavy atom. The first-order chi connectivity index (χ1) is 7.97. The largest absolute Gasteiger partial charge is 0.383 e. The lowest BCUT2D eigenvalue weighted by Gasteiger charge is -2.22. The van der Waals surface area contributed by atoms with E-state index in [4.69, 9.17) is 10.5 Å². The van der Waals surface area contributed by atoms with Crippen LogP contribution in [-0.2, 0) is 14.9 Å². The minimum Gasteiger partial charge on any atom is -0.383 e. The number of ether oxygens (including phenoxy) is 1. The first-order valence-electron chi connectivity index (χ1n) is 5.90. The molecule has 17 heavy (non-hydrogen) atoms. The summed E-state index contributed by atoms with van der Waals surface area (Å²) in [6.45, 7) is 3.31. The molecule has 0 aliphatic rings. The number of hydrogen-bond donors (Lipinski definition) is 2. The van der Waals surface area contributed by atoms with Crippen LogP contribution in [0.4, 0.5) is 0 Å². The van der Waals surface area contributed by atoms with Gasteiger partial charge in [0.05, 0.1) is 6.61 Å². The number of nitrogens with one attached hydrogen (secondary N) is 1. The van der Waals surface area contributed by atoms with Crippen LogP contribution in [0.5, 0.6) is 0 Å². The number of hydrogen-bond acceptors (Lipinski definition) is 4. The van der Waals surface area contributed by atoms with Gasteiger partial charge in [0.15, 0.2) is 0 Å². The van der Waals surface area contributed by atoms with Crippen LogP contribution in [-0.4, -0.2) is 52.6 Å². The van der Waals surface area contributed by atoms with E-state index in [1.807, 2.05) is 6.92 Å². The minimum absolute atomic E-state index is 0.171. The summed E-state index contributed by atoms with van der Waals surface area (Å²) in [6, 6.07) is -0.171. The van der Waals surface area contributed by atoms with Gasteiger partial charge in [-0.1, -0.05) is 13.3 Å². The molecule has 0 fully saturated rings. The Hall–Kier alpha value is -0.210. The second-order valence-corrected chi connectivity index (χ2v) is 5.84. The Labute approximate surface area is 105 Å². The van der Waals surface area contributed by atoms with Crippen LogP contribution < -0.4 is 10.5 Å². The van der Waals surface area contributed by atoms with E-state index in [0.717, 1.165) is 12.8 Å². The number of methoxy groups -OCH3 is 1. The zero-order valence-corrected chi connectivity index (χ0v) is 11.8. The highest BCUT2D eigenvalue weighted by molar-refractivity contribution is 7.87. The number of rotatable bonds is 10. The Bertz CT molecular complexity index is 277. The van der Waals surface area contributed by atoms with E-state index >= 15 is 0 Å². The molecule has 0 aliphatic heterocycles. The van der Waals surface area contributed by atoms with Gasteiger partial charge in [-0.15, -0.1) is 0 Å². The van der Waals surface area contributed by atoms with Crippen molar-refractivity contribution in [3.8, 4) is 0 Å². The molecular formula is C10H25N3O3S. The molecule has 0 rings (SSSR count). The van der Waals surface area contributed by atoms with Crippen LogP contribution in [0.15, 0.2) is 0 Å². The van der Waals surface area contributed by atoms with E-state index < -0.39 is 10.2 Å². The number of nitrogens with two attached hydrogens (primary N) is 1. The van der Waals surface area contributed by atoms with Gasteiger partial charge in [-0.2, -0.15) is 17.4 Å². The van der Waals surface area contributed by atoms with Crippen molar-refractivity contribution >= 4 is 10.2 Å². The quantitative estimate of drug-likeness (QED) is 0.579. The van der Waals surface area contributed by atoms with Gasteiger partial charge in [-0.3, -0.25) is 0 Å². The zero-order valence-electron chi connectivity index (χ0n) is 11.0. The summed E-state index contributed by atoms with van der Waals surface area (Å²) >= 11 is 0. The van der Waals surface area contributed by atoms with Gasteiger partial charge < -0.3 is 10.5 Å². The van der Waals surface area contributed by atoms with E-state index in [1.54, 1.807) is 14.2 Å². The molecule has 0 amide bonds. The maximum atomic E-state index is 11.9. The highest BCUT2D eigenvalue weighted by Gasteiger charge is 2.21. The molecule has 0 saturated heterocycles. The molecule has 0 radical (unpaired) electrons. The van der Waals surface area contributed by atoms with Gasteiger partial charge >= 0.3 is 0 Å². The molecule has 1 atom stereocenters. The molecule has 1 unspecified atom stereocenters. The van der Waals surface area contributed by atoms with Gasteiger partial charge in [-0.05, 0) is 19.4 Å². The van der Waals surface area contributed by atoms with Crippen LogP contribution >= 0.6 is 0 Å². The lowest BCUT2D eigenvalue weighted by Crippen LogP contribution is -2.45. The summed E-state index contributed by atoms with van der Waals surface area (Å²) in [5.74, 6) is 0. The van der Waals surface area contributed by atoms with Crippen molar-refractivity contribution in [1.82, 2.24) is 9.03 Å². The molecule has 0 aliphatic carbocycles.